The quantitative estimate of drug-likeness (QED) is 0.895. The zero-order valence-corrected chi connectivity index (χ0v) is 12.2. The number of hydrogen-bond acceptors (Lipinski definition) is 3. The van der Waals surface area contributed by atoms with Crippen molar-refractivity contribution in [2.45, 2.75) is 39.9 Å². The van der Waals surface area contributed by atoms with Crippen LogP contribution in [-0.2, 0) is 4.74 Å². The Labute approximate surface area is 110 Å². The molecule has 3 heteroatoms. The number of benzene rings is 1. The second-order valence-electron chi connectivity index (χ2n) is 5.71. The number of ether oxygens (including phenoxy) is 2. The van der Waals surface area contributed by atoms with Gasteiger partial charge in [-0.05, 0) is 24.5 Å². The van der Waals surface area contributed by atoms with E-state index in [4.69, 9.17) is 9.47 Å². The van der Waals surface area contributed by atoms with Gasteiger partial charge in [0.2, 0.25) is 0 Å². The van der Waals surface area contributed by atoms with Crippen LogP contribution >= 0.6 is 0 Å². The highest BCUT2D eigenvalue weighted by Crippen LogP contribution is 2.36. The standard InChI is InChI=1S/C15H24O3/c1-10-7-8-12(17-5)11(9-10)13(16)14(18-6)15(2,3)4/h7-9,13-14,16H,1-6H3. The second-order valence-corrected chi connectivity index (χ2v) is 5.71. The molecule has 1 N–H and O–H groups in total. The molecule has 1 aromatic carbocycles. The average molecular weight is 252 g/mol. The van der Waals surface area contributed by atoms with Gasteiger partial charge in [0, 0.05) is 12.7 Å². The Kier molecular flexibility index (Phi) is 4.77. The third-order valence-corrected chi connectivity index (χ3v) is 3.10. The fraction of sp³-hybridized carbons (Fsp3) is 0.600. The van der Waals surface area contributed by atoms with Gasteiger partial charge in [-0.3, -0.25) is 0 Å². The van der Waals surface area contributed by atoms with E-state index in [9.17, 15) is 5.11 Å². The van der Waals surface area contributed by atoms with Crippen molar-refractivity contribution in [3.8, 4) is 5.75 Å². The highest BCUT2D eigenvalue weighted by atomic mass is 16.5. The molecule has 0 fully saturated rings. The fourth-order valence-corrected chi connectivity index (χ4v) is 2.20. The first kappa shape index (κ1) is 15.0. The monoisotopic (exact) mass is 252 g/mol. The zero-order chi connectivity index (χ0) is 13.9. The van der Waals surface area contributed by atoms with E-state index in [1.54, 1.807) is 14.2 Å². The molecule has 0 heterocycles. The van der Waals surface area contributed by atoms with E-state index in [1.807, 2.05) is 45.9 Å². The Morgan fingerprint density at radius 1 is 1.17 bits per heavy atom. The van der Waals surface area contributed by atoms with Gasteiger partial charge in [0.15, 0.2) is 0 Å². The number of rotatable bonds is 4. The van der Waals surface area contributed by atoms with Crippen LogP contribution in [0.5, 0.6) is 5.75 Å². The molecular formula is C15H24O3. The topological polar surface area (TPSA) is 38.7 Å². The van der Waals surface area contributed by atoms with Crippen molar-refractivity contribution in [2.75, 3.05) is 14.2 Å². The van der Waals surface area contributed by atoms with Gasteiger partial charge in [0.05, 0.1) is 13.2 Å². The van der Waals surface area contributed by atoms with Crippen LogP contribution in [0.25, 0.3) is 0 Å². The maximum atomic E-state index is 10.5. The van der Waals surface area contributed by atoms with Gasteiger partial charge in [-0.15, -0.1) is 0 Å². The van der Waals surface area contributed by atoms with Crippen molar-refractivity contribution in [1.29, 1.82) is 0 Å². The van der Waals surface area contributed by atoms with Crippen LogP contribution in [0.1, 0.15) is 38.0 Å². The number of aliphatic hydroxyl groups is 1. The van der Waals surface area contributed by atoms with Gasteiger partial charge in [0.25, 0.3) is 0 Å². The van der Waals surface area contributed by atoms with E-state index in [0.717, 1.165) is 11.1 Å². The molecule has 0 saturated carbocycles. The van der Waals surface area contributed by atoms with E-state index in [0.29, 0.717) is 5.75 Å². The number of hydrogen-bond donors (Lipinski definition) is 1. The third kappa shape index (κ3) is 3.24. The second kappa shape index (κ2) is 5.72. The van der Waals surface area contributed by atoms with Gasteiger partial charge in [0.1, 0.15) is 11.9 Å². The molecule has 3 nitrogen and oxygen atoms in total. The smallest absolute Gasteiger partial charge is 0.124 e. The molecule has 0 aliphatic heterocycles. The van der Waals surface area contributed by atoms with Crippen molar-refractivity contribution in [2.24, 2.45) is 5.41 Å². The summed E-state index contributed by atoms with van der Waals surface area (Å²) in [6.45, 7) is 8.14. The van der Waals surface area contributed by atoms with Crippen molar-refractivity contribution in [3.05, 3.63) is 29.3 Å². The summed E-state index contributed by atoms with van der Waals surface area (Å²) in [5.74, 6) is 0.694. The molecule has 0 amide bonds. The maximum absolute atomic E-state index is 10.5. The van der Waals surface area contributed by atoms with Crippen LogP contribution in [0, 0.1) is 12.3 Å². The van der Waals surface area contributed by atoms with Gasteiger partial charge >= 0.3 is 0 Å². The number of aliphatic hydroxyl groups excluding tert-OH is 1. The molecule has 18 heavy (non-hydrogen) atoms. The molecule has 0 saturated heterocycles. The maximum Gasteiger partial charge on any atom is 0.124 e. The minimum Gasteiger partial charge on any atom is -0.496 e. The SMILES string of the molecule is COc1ccc(C)cc1C(O)C(OC)C(C)(C)C. The lowest BCUT2D eigenvalue weighted by Gasteiger charge is -2.34. The van der Waals surface area contributed by atoms with E-state index >= 15 is 0 Å². The molecule has 0 radical (unpaired) electrons. The van der Waals surface area contributed by atoms with Gasteiger partial charge < -0.3 is 14.6 Å². The first-order valence-electron chi connectivity index (χ1n) is 6.16. The Morgan fingerprint density at radius 2 is 1.78 bits per heavy atom. The van der Waals surface area contributed by atoms with Crippen LogP contribution in [-0.4, -0.2) is 25.4 Å². The predicted molar refractivity (Wildman–Crippen MR) is 72.9 cm³/mol. The molecule has 0 aromatic heterocycles. The molecule has 102 valence electrons. The predicted octanol–water partition coefficient (Wildman–Crippen LogP) is 3.10. The Morgan fingerprint density at radius 3 is 2.22 bits per heavy atom. The van der Waals surface area contributed by atoms with Crippen LogP contribution in [0.2, 0.25) is 0 Å². The summed E-state index contributed by atoms with van der Waals surface area (Å²) in [6, 6.07) is 5.79. The van der Waals surface area contributed by atoms with Crippen molar-refractivity contribution >= 4 is 0 Å². The summed E-state index contributed by atoms with van der Waals surface area (Å²) < 4.78 is 10.8. The highest BCUT2D eigenvalue weighted by molar-refractivity contribution is 5.39. The fourth-order valence-electron chi connectivity index (χ4n) is 2.20. The Hall–Kier alpha value is -1.06. The van der Waals surface area contributed by atoms with Crippen LogP contribution < -0.4 is 4.74 Å². The first-order chi connectivity index (χ1) is 8.31. The van der Waals surface area contributed by atoms with Crippen molar-refractivity contribution in [3.63, 3.8) is 0 Å². The third-order valence-electron chi connectivity index (χ3n) is 3.10. The Balaban J connectivity index is 3.16. The number of methoxy groups -OCH3 is 2. The van der Waals surface area contributed by atoms with Crippen LogP contribution in [0.4, 0.5) is 0 Å². The van der Waals surface area contributed by atoms with Gasteiger partial charge in [-0.2, -0.15) is 0 Å². The molecule has 0 aliphatic carbocycles. The molecule has 0 aliphatic rings. The molecular weight excluding hydrogens is 228 g/mol. The van der Waals surface area contributed by atoms with Crippen LogP contribution in [0.3, 0.4) is 0 Å². The normalized spacial score (nSPS) is 15.3. The highest BCUT2D eigenvalue weighted by Gasteiger charge is 2.33. The lowest BCUT2D eigenvalue weighted by molar-refractivity contribution is -0.0730. The van der Waals surface area contributed by atoms with Crippen LogP contribution in [0.15, 0.2) is 18.2 Å². The summed E-state index contributed by atoms with van der Waals surface area (Å²) in [6.07, 6.45) is -0.988. The summed E-state index contributed by atoms with van der Waals surface area (Å²) in [7, 11) is 3.24. The van der Waals surface area contributed by atoms with Crippen molar-refractivity contribution in [1.82, 2.24) is 0 Å². The van der Waals surface area contributed by atoms with E-state index in [-0.39, 0.29) is 11.5 Å². The summed E-state index contributed by atoms with van der Waals surface area (Å²) in [4.78, 5) is 0. The average Bonchev–Trinajstić information content (AvgIpc) is 2.27. The Bertz CT molecular complexity index is 393. The summed E-state index contributed by atoms with van der Waals surface area (Å²) in [5, 5.41) is 10.5. The molecule has 0 bridgehead atoms. The van der Waals surface area contributed by atoms with Gasteiger partial charge in [-0.25, -0.2) is 0 Å². The van der Waals surface area contributed by atoms with E-state index in [2.05, 4.69) is 0 Å². The first-order valence-corrected chi connectivity index (χ1v) is 6.16. The lowest BCUT2D eigenvalue weighted by atomic mass is 9.83. The molecule has 1 rings (SSSR count). The number of aryl methyl sites for hydroxylation is 1. The minimum atomic E-state index is -0.704. The molecule has 0 spiro atoms. The minimum absolute atomic E-state index is 0.150. The summed E-state index contributed by atoms with van der Waals surface area (Å²) >= 11 is 0. The van der Waals surface area contributed by atoms with E-state index < -0.39 is 6.10 Å². The zero-order valence-electron chi connectivity index (χ0n) is 12.2. The molecule has 2 atom stereocenters. The molecule has 2 unspecified atom stereocenters. The van der Waals surface area contributed by atoms with Crippen molar-refractivity contribution < 1.29 is 14.6 Å². The lowest BCUT2D eigenvalue weighted by Crippen LogP contribution is -2.34. The van der Waals surface area contributed by atoms with Gasteiger partial charge in [-0.1, -0.05) is 32.4 Å². The van der Waals surface area contributed by atoms with E-state index in [1.165, 1.54) is 0 Å². The molecule has 1 aromatic rings. The summed E-state index contributed by atoms with van der Waals surface area (Å²) in [5.41, 5.74) is 1.72. The largest absolute Gasteiger partial charge is 0.496 e.